The van der Waals surface area contributed by atoms with Crippen molar-refractivity contribution in [3.8, 4) is 17.1 Å². The molecule has 0 radical (unpaired) electrons. The van der Waals surface area contributed by atoms with Crippen molar-refractivity contribution < 1.29 is 13.5 Å². The van der Waals surface area contributed by atoms with E-state index < -0.39 is 13.0 Å². The second-order valence-electron chi connectivity index (χ2n) is 7.74. The van der Waals surface area contributed by atoms with Crippen molar-refractivity contribution in [1.29, 1.82) is 0 Å². The molecule has 1 saturated carbocycles. The number of alkyl halides is 2. The van der Waals surface area contributed by atoms with Crippen LogP contribution in [0.1, 0.15) is 37.3 Å². The van der Waals surface area contributed by atoms with E-state index in [0.29, 0.717) is 34.8 Å². The van der Waals surface area contributed by atoms with Crippen molar-refractivity contribution in [3.63, 3.8) is 0 Å². The van der Waals surface area contributed by atoms with Crippen LogP contribution >= 0.6 is 0 Å². The number of imidazole rings is 1. The van der Waals surface area contributed by atoms with Gasteiger partial charge in [-0.3, -0.25) is 0 Å². The molecule has 158 valence electrons. The molecule has 0 amide bonds. The highest BCUT2D eigenvalue weighted by molar-refractivity contribution is 5.61. The molecule has 1 atom stereocenters. The van der Waals surface area contributed by atoms with Crippen molar-refractivity contribution in [1.82, 2.24) is 29.9 Å². The van der Waals surface area contributed by atoms with Crippen LogP contribution in [0.15, 0.2) is 24.5 Å². The largest absolute Gasteiger partial charge is 0.485 e. The molecule has 2 aliphatic rings. The van der Waals surface area contributed by atoms with Crippen LogP contribution < -0.4 is 15.4 Å². The van der Waals surface area contributed by atoms with Gasteiger partial charge in [0.05, 0.1) is 11.9 Å². The molecular formula is C20H23F2N7O. The second kappa shape index (κ2) is 8.10. The van der Waals surface area contributed by atoms with E-state index in [2.05, 4.69) is 25.6 Å². The van der Waals surface area contributed by atoms with E-state index in [4.69, 9.17) is 9.84 Å². The third-order valence-corrected chi connectivity index (χ3v) is 5.36. The maximum absolute atomic E-state index is 12.6. The van der Waals surface area contributed by atoms with E-state index in [1.807, 2.05) is 6.07 Å². The third-order valence-electron chi connectivity index (χ3n) is 5.36. The number of anilines is 1. The smallest absolute Gasteiger partial charge is 0.272 e. The minimum Gasteiger partial charge on any atom is -0.485 e. The van der Waals surface area contributed by atoms with Gasteiger partial charge in [0.2, 0.25) is 5.95 Å². The molecule has 2 fully saturated rings. The Balaban J connectivity index is 1.46. The summed E-state index contributed by atoms with van der Waals surface area (Å²) in [5.41, 5.74) is 2.64. The van der Waals surface area contributed by atoms with Gasteiger partial charge in [-0.1, -0.05) is 0 Å². The lowest BCUT2D eigenvalue weighted by atomic mass is 10.1. The second-order valence-corrected chi connectivity index (χ2v) is 7.74. The van der Waals surface area contributed by atoms with Crippen LogP contribution in [-0.2, 0) is 0 Å². The van der Waals surface area contributed by atoms with Crippen molar-refractivity contribution in [3.05, 3.63) is 30.2 Å². The highest BCUT2D eigenvalue weighted by atomic mass is 19.3. The molecule has 0 spiro atoms. The highest BCUT2D eigenvalue weighted by Crippen LogP contribution is 2.43. The minimum absolute atomic E-state index is 0.235. The van der Waals surface area contributed by atoms with Gasteiger partial charge in [-0.25, -0.2) is 28.2 Å². The fourth-order valence-electron chi connectivity index (χ4n) is 3.72. The minimum atomic E-state index is -2.53. The molecular weight excluding hydrogens is 392 g/mol. The number of halogens is 2. The molecule has 3 aromatic heterocycles. The van der Waals surface area contributed by atoms with Crippen LogP contribution in [0.25, 0.3) is 17.0 Å². The summed E-state index contributed by atoms with van der Waals surface area (Å²) in [4.78, 5) is 13.4. The Labute approximate surface area is 172 Å². The number of nitrogens with zero attached hydrogens (tertiary/aromatic N) is 5. The van der Waals surface area contributed by atoms with Gasteiger partial charge in [0.1, 0.15) is 23.7 Å². The topological polar surface area (TPSA) is 89.3 Å². The molecule has 10 heteroatoms. The number of hydrogen-bond acceptors (Lipinski definition) is 7. The van der Waals surface area contributed by atoms with E-state index in [9.17, 15) is 8.78 Å². The first-order valence-electron chi connectivity index (χ1n) is 10.3. The summed E-state index contributed by atoms with van der Waals surface area (Å²) in [6.45, 7) is 1.28. The maximum Gasteiger partial charge on any atom is 0.272 e. The summed E-state index contributed by atoms with van der Waals surface area (Å²) < 4.78 is 32.3. The molecule has 5 rings (SSSR count). The Hall–Kier alpha value is -2.88. The molecule has 2 N–H and O–H groups in total. The molecule has 0 unspecified atom stereocenters. The summed E-state index contributed by atoms with van der Waals surface area (Å²) in [5, 5.41) is 11.4. The molecule has 1 aliphatic carbocycles. The van der Waals surface area contributed by atoms with Gasteiger partial charge in [-0.2, -0.15) is 5.10 Å². The van der Waals surface area contributed by atoms with Gasteiger partial charge in [-0.15, -0.1) is 0 Å². The quantitative estimate of drug-likeness (QED) is 0.613. The van der Waals surface area contributed by atoms with Crippen LogP contribution in [-0.4, -0.2) is 56.7 Å². The predicted octanol–water partition coefficient (Wildman–Crippen LogP) is 2.87. The van der Waals surface area contributed by atoms with Crippen LogP contribution in [0.4, 0.5) is 14.7 Å². The molecule has 1 saturated heterocycles. The van der Waals surface area contributed by atoms with Gasteiger partial charge in [-0.05, 0) is 38.3 Å². The molecule has 0 bridgehead atoms. The molecule has 0 aromatic carbocycles. The highest BCUT2D eigenvalue weighted by Gasteiger charge is 2.30. The summed E-state index contributed by atoms with van der Waals surface area (Å²) in [6.07, 6.45) is 5.01. The fraction of sp³-hybridized carbons (Fsp3) is 0.500. The van der Waals surface area contributed by atoms with Gasteiger partial charge in [0.15, 0.2) is 5.65 Å². The molecule has 4 heterocycles. The number of piperidine rings is 1. The lowest BCUT2D eigenvalue weighted by Crippen LogP contribution is -2.38. The number of fused-ring (bicyclic) bond motifs is 1. The Morgan fingerprint density at radius 1 is 1.27 bits per heavy atom. The zero-order valence-electron chi connectivity index (χ0n) is 16.4. The normalized spacial score (nSPS) is 19.4. The molecule has 30 heavy (non-hydrogen) atoms. The summed E-state index contributed by atoms with van der Waals surface area (Å²) in [6, 6.07) is 3.79. The predicted molar refractivity (Wildman–Crippen MR) is 107 cm³/mol. The number of nitrogens with one attached hydrogen (secondary N) is 2. The fourth-order valence-corrected chi connectivity index (χ4v) is 3.72. The van der Waals surface area contributed by atoms with Crippen molar-refractivity contribution in [2.45, 2.75) is 44.1 Å². The Bertz CT molecular complexity index is 1030. The SMILES string of the molecule is FC(F)COc1cc2ncc(-c3ccnc(N[C@@H]4CCCNC4)n3)n2nc1C1CC1. The van der Waals surface area contributed by atoms with Gasteiger partial charge in [0.25, 0.3) is 6.43 Å². The lowest BCUT2D eigenvalue weighted by Gasteiger charge is -2.23. The van der Waals surface area contributed by atoms with Gasteiger partial charge in [0, 0.05) is 30.8 Å². The van der Waals surface area contributed by atoms with E-state index in [-0.39, 0.29) is 5.92 Å². The van der Waals surface area contributed by atoms with Crippen molar-refractivity contribution in [2.75, 3.05) is 25.0 Å². The van der Waals surface area contributed by atoms with Gasteiger partial charge >= 0.3 is 0 Å². The van der Waals surface area contributed by atoms with Crippen molar-refractivity contribution >= 4 is 11.6 Å². The van der Waals surface area contributed by atoms with Crippen LogP contribution in [0.5, 0.6) is 5.75 Å². The standard InChI is InChI=1S/C20H23F2N7O/c21-17(22)11-30-16-8-18-25-10-15(29(18)28-19(16)12-3-4-12)14-5-7-24-20(27-14)26-13-2-1-6-23-9-13/h5,7-8,10,12-13,17,23H,1-4,6,9,11H2,(H,24,26,27)/t13-/m1/s1. The van der Waals surface area contributed by atoms with Crippen molar-refractivity contribution in [2.24, 2.45) is 0 Å². The number of hydrogen-bond donors (Lipinski definition) is 2. The zero-order valence-corrected chi connectivity index (χ0v) is 16.4. The van der Waals surface area contributed by atoms with Crippen LogP contribution in [0, 0.1) is 0 Å². The van der Waals surface area contributed by atoms with E-state index >= 15 is 0 Å². The van der Waals surface area contributed by atoms with E-state index in [1.54, 1.807) is 23.0 Å². The Morgan fingerprint density at radius 2 is 2.17 bits per heavy atom. The monoisotopic (exact) mass is 415 g/mol. The first-order valence-corrected chi connectivity index (χ1v) is 10.3. The molecule has 3 aromatic rings. The maximum atomic E-state index is 12.6. The summed E-state index contributed by atoms with van der Waals surface area (Å²) in [5.74, 6) is 1.19. The third kappa shape index (κ3) is 4.04. The van der Waals surface area contributed by atoms with Crippen LogP contribution in [0.3, 0.4) is 0 Å². The van der Waals surface area contributed by atoms with Gasteiger partial charge < -0.3 is 15.4 Å². The average Bonchev–Trinajstić information content (AvgIpc) is 3.52. The number of rotatable bonds is 7. The van der Waals surface area contributed by atoms with E-state index in [1.165, 1.54) is 0 Å². The first-order chi connectivity index (χ1) is 14.7. The van der Waals surface area contributed by atoms with Crippen LogP contribution in [0.2, 0.25) is 0 Å². The number of ether oxygens (including phenoxy) is 1. The molecule has 8 nitrogen and oxygen atoms in total. The Morgan fingerprint density at radius 3 is 2.93 bits per heavy atom. The van der Waals surface area contributed by atoms with E-state index in [0.717, 1.165) is 44.5 Å². The summed E-state index contributed by atoms with van der Waals surface area (Å²) in [7, 11) is 0. The number of aromatic nitrogens is 5. The Kier molecular flexibility index (Phi) is 5.16. The molecule has 1 aliphatic heterocycles. The first kappa shape index (κ1) is 19.1. The zero-order chi connectivity index (χ0) is 20.5. The lowest BCUT2D eigenvalue weighted by molar-refractivity contribution is 0.0811. The average molecular weight is 415 g/mol. The summed E-state index contributed by atoms with van der Waals surface area (Å²) >= 11 is 0.